The second-order valence-corrected chi connectivity index (χ2v) is 6.87. The fourth-order valence-electron chi connectivity index (χ4n) is 3.11. The lowest BCUT2D eigenvalue weighted by Gasteiger charge is -2.11. The van der Waals surface area contributed by atoms with Gasteiger partial charge in [0.1, 0.15) is 0 Å². The maximum absolute atomic E-state index is 12.3. The van der Waals surface area contributed by atoms with Crippen LogP contribution in [0.2, 0.25) is 5.02 Å². The predicted octanol–water partition coefficient (Wildman–Crippen LogP) is 3.50. The van der Waals surface area contributed by atoms with Gasteiger partial charge in [-0.25, -0.2) is 4.68 Å². The Morgan fingerprint density at radius 2 is 1.96 bits per heavy atom. The Kier molecular flexibility index (Phi) is 5.18. The molecule has 6 nitrogen and oxygen atoms in total. The number of aromatic nitrogens is 3. The maximum Gasteiger partial charge on any atom is 0.251 e. The molecule has 2 heterocycles. The van der Waals surface area contributed by atoms with Crippen molar-refractivity contribution in [2.75, 3.05) is 13.2 Å². The first-order valence-electron chi connectivity index (χ1n) is 8.87. The highest BCUT2D eigenvalue weighted by atomic mass is 35.5. The molecule has 0 radical (unpaired) electrons. The quantitative estimate of drug-likeness (QED) is 0.733. The van der Waals surface area contributed by atoms with Crippen molar-refractivity contribution in [3.05, 3.63) is 65.3 Å². The summed E-state index contributed by atoms with van der Waals surface area (Å²) >= 11 is 5.96. The van der Waals surface area contributed by atoms with Gasteiger partial charge in [0.25, 0.3) is 5.91 Å². The average molecular weight is 383 g/mol. The van der Waals surface area contributed by atoms with Gasteiger partial charge in [-0.2, -0.15) is 0 Å². The normalized spacial score (nSPS) is 16.4. The number of ether oxygens (including phenoxy) is 1. The number of rotatable bonds is 5. The van der Waals surface area contributed by atoms with E-state index in [2.05, 4.69) is 15.6 Å². The Morgan fingerprint density at radius 1 is 1.19 bits per heavy atom. The summed E-state index contributed by atoms with van der Waals surface area (Å²) in [6.07, 6.45) is 3.89. The van der Waals surface area contributed by atoms with Crippen molar-refractivity contribution in [3.63, 3.8) is 0 Å². The molecule has 1 amide bonds. The summed E-state index contributed by atoms with van der Waals surface area (Å²) in [7, 11) is 0. The van der Waals surface area contributed by atoms with E-state index in [4.69, 9.17) is 16.3 Å². The molecule has 4 rings (SSSR count). The van der Waals surface area contributed by atoms with Crippen LogP contribution in [0.4, 0.5) is 0 Å². The predicted molar refractivity (Wildman–Crippen MR) is 103 cm³/mol. The highest BCUT2D eigenvalue weighted by molar-refractivity contribution is 6.30. The minimum absolute atomic E-state index is 0.103. The molecule has 27 heavy (non-hydrogen) atoms. The van der Waals surface area contributed by atoms with E-state index in [9.17, 15) is 4.79 Å². The number of hydrogen-bond acceptors (Lipinski definition) is 4. The molecule has 138 valence electrons. The fraction of sp³-hybridized carbons (Fsp3) is 0.250. The molecule has 1 aliphatic rings. The largest absolute Gasteiger partial charge is 0.376 e. The van der Waals surface area contributed by atoms with Crippen LogP contribution in [-0.2, 0) is 4.74 Å². The van der Waals surface area contributed by atoms with Gasteiger partial charge in [-0.1, -0.05) is 28.9 Å². The van der Waals surface area contributed by atoms with E-state index in [1.165, 1.54) is 0 Å². The van der Waals surface area contributed by atoms with Gasteiger partial charge in [-0.05, 0) is 49.2 Å². The monoisotopic (exact) mass is 382 g/mol. The zero-order valence-electron chi connectivity index (χ0n) is 14.6. The average Bonchev–Trinajstić information content (AvgIpc) is 3.39. The minimum atomic E-state index is -0.103. The second kappa shape index (κ2) is 7.90. The number of carbonyl (C=O) groups is 1. The third-order valence-corrected chi connectivity index (χ3v) is 4.83. The number of halogens is 1. The van der Waals surface area contributed by atoms with Crippen molar-refractivity contribution >= 4 is 17.5 Å². The SMILES string of the molecule is O=C(NCC1CCCO1)c1ccc(-n2nncc2-c2ccc(Cl)cc2)cc1. The van der Waals surface area contributed by atoms with Crippen LogP contribution in [0.1, 0.15) is 23.2 Å². The van der Waals surface area contributed by atoms with Crippen molar-refractivity contribution in [3.8, 4) is 16.9 Å². The maximum atomic E-state index is 12.3. The Morgan fingerprint density at radius 3 is 2.67 bits per heavy atom. The molecule has 0 aliphatic carbocycles. The Bertz CT molecular complexity index is 916. The van der Waals surface area contributed by atoms with E-state index >= 15 is 0 Å². The molecular weight excluding hydrogens is 364 g/mol. The van der Waals surface area contributed by atoms with Gasteiger partial charge >= 0.3 is 0 Å². The minimum Gasteiger partial charge on any atom is -0.376 e. The molecule has 1 aromatic heterocycles. The van der Waals surface area contributed by atoms with E-state index < -0.39 is 0 Å². The fourth-order valence-corrected chi connectivity index (χ4v) is 3.24. The zero-order valence-corrected chi connectivity index (χ0v) is 15.4. The van der Waals surface area contributed by atoms with Crippen molar-refractivity contribution in [2.24, 2.45) is 0 Å². The van der Waals surface area contributed by atoms with Gasteiger partial charge in [-0.3, -0.25) is 4.79 Å². The Labute approximate surface area is 162 Å². The number of carbonyl (C=O) groups excluding carboxylic acids is 1. The first-order chi connectivity index (χ1) is 13.2. The van der Waals surface area contributed by atoms with Crippen molar-refractivity contribution in [1.29, 1.82) is 0 Å². The number of nitrogens with one attached hydrogen (secondary N) is 1. The highest BCUT2D eigenvalue weighted by Crippen LogP contribution is 2.23. The molecule has 2 aromatic carbocycles. The molecule has 1 atom stereocenters. The first-order valence-corrected chi connectivity index (χ1v) is 9.25. The summed E-state index contributed by atoms with van der Waals surface area (Å²) in [5.74, 6) is -0.103. The molecule has 0 saturated carbocycles. The van der Waals surface area contributed by atoms with E-state index in [0.717, 1.165) is 36.4 Å². The summed E-state index contributed by atoms with van der Waals surface area (Å²) in [5, 5.41) is 11.8. The van der Waals surface area contributed by atoms with Gasteiger partial charge in [0, 0.05) is 29.3 Å². The Hall–Kier alpha value is -2.70. The molecule has 7 heteroatoms. The third kappa shape index (κ3) is 4.02. The molecule has 3 aromatic rings. The summed E-state index contributed by atoms with van der Waals surface area (Å²) in [6, 6.07) is 14.8. The van der Waals surface area contributed by atoms with Gasteiger partial charge in [0.2, 0.25) is 0 Å². The lowest BCUT2D eigenvalue weighted by atomic mass is 10.1. The van der Waals surface area contributed by atoms with Crippen LogP contribution >= 0.6 is 11.6 Å². The molecule has 1 fully saturated rings. The number of amides is 1. The van der Waals surface area contributed by atoms with Crippen LogP contribution < -0.4 is 5.32 Å². The van der Waals surface area contributed by atoms with Gasteiger partial charge in [0.15, 0.2) is 0 Å². The van der Waals surface area contributed by atoms with Gasteiger partial charge in [0.05, 0.1) is 23.7 Å². The number of benzene rings is 2. The van der Waals surface area contributed by atoms with Crippen LogP contribution in [0, 0.1) is 0 Å². The summed E-state index contributed by atoms with van der Waals surface area (Å²) < 4.78 is 7.26. The van der Waals surface area contributed by atoms with Crippen LogP contribution in [0.15, 0.2) is 54.7 Å². The van der Waals surface area contributed by atoms with Gasteiger partial charge < -0.3 is 10.1 Å². The van der Waals surface area contributed by atoms with Crippen molar-refractivity contribution in [2.45, 2.75) is 18.9 Å². The van der Waals surface area contributed by atoms with Crippen LogP contribution in [0.5, 0.6) is 0 Å². The lowest BCUT2D eigenvalue weighted by molar-refractivity contribution is 0.0858. The molecule has 1 N–H and O–H groups in total. The van der Waals surface area contributed by atoms with E-state index in [0.29, 0.717) is 17.1 Å². The Balaban J connectivity index is 1.48. The highest BCUT2D eigenvalue weighted by Gasteiger charge is 2.17. The zero-order chi connectivity index (χ0) is 18.6. The van der Waals surface area contributed by atoms with Crippen molar-refractivity contribution in [1.82, 2.24) is 20.3 Å². The topological polar surface area (TPSA) is 69.0 Å². The standard InChI is InChI=1S/C20H19ClN4O2/c21-16-7-3-14(4-8-16)19-13-23-24-25(19)17-9-5-15(6-10-17)20(26)22-12-18-2-1-11-27-18/h3-10,13,18H,1-2,11-12H2,(H,22,26). The van der Waals surface area contributed by atoms with Gasteiger partial charge in [-0.15, -0.1) is 5.10 Å². The second-order valence-electron chi connectivity index (χ2n) is 6.43. The van der Waals surface area contributed by atoms with Crippen LogP contribution in [0.25, 0.3) is 16.9 Å². The van der Waals surface area contributed by atoms with E-state index in [1.54, 1.807) is 23.0 Å². The van der Waals surface area contributed by atoms with E-state index in [-0.39, 0.29) is 12.0 Å². The molecule has 0 bridgehead atoms. The summed E-state index contributed by atoms with van der Waals surface area (Å²) in [6.45, 7) is 1.33. The van der Waals surface area contributed by atoms with Crippen molar-refractivity contribution < 1.29 is 9.53 Å². The molecule has 1 saturated heterocycles. The molecule has 1 aliphatic heterocycles. The molecule has 1 unspecified atom stereocenters. The summed E-state index contributed by atoms with van der Waals surface area (Å²) in [4.78, 5) is 12.3. The van der Waals surface area contributed by atoms with Crippen LogP contribution in [-0.4, -0.2) is 40.2 Å². The third-order valence-electron chi connectivity index (χ3n) is 4.58. The molecular formula is C20H19ClN4O2. The van der Waals surface area contributed by atoms with Crippen LogP contribution in [0.3, 0.4) is 0 Å². The first kappa shape index (κ1) is 17.7. The lowest BCUT2D eigenvalue weighted by Crippen LogP contribution is -2.31. The molecule has 0 spiro atoms. The summed E-state index contributed by atoms with van der Waals surface area (Å²) in [5.41, 5.74) is 3.24. The van der Waals surface area contributed by atoms with E-state index in [1.807, 2.05) is 36.4 Å². The smallest absolute Gasteiger partial charge is 0.251 e. The number of nitrogens with zero attached hydrogens (tertiary/aromatic N) is 3. The number of hydrogen-bond donors (Lipinski definition) is 1.